The summed E-state index contributed by atoms with van der Waals surface area (Å²) in [6.07, 6.45) is 3.69. The molecular weight excluding hydrogens is 136 g/mol. The van der Waals surface area contributed by atoms with Gasteiger partial charge in [-0.25, -0.2) is 4.98 Å². The largest absolute Gasteiger partial charge is 0.334 e. The first-order valence-corrected chi connectivity index (χ1v) is 3.48. The Hall–Kier alpha value is -0.500. The molecule has 0 bridgehead atoms. The number of aromatic nitrogens is 2. The second kappa shape index (κ2) is 2.87. The quantitative estimate of drug-likeness (QED) is 0.577. The topological polar surface area (TPSA) is 17.8 Å². The highest BCUT2D eigenvalue weighted by molar-refractivity contribution is 6.16. The minimum Gasteiger partial charge on any atom is -0.334 e. The van der Waals surface area contributed by atoms with E-state index in [0.29, 0.717) is 5.88 Å². The fourth-order valence-electron chi connectivity index (χ4n) is 0.759. The summed E-state index contributed by atoms with van der Waals surface area (Å²) in [5, 5.41) is 0. The summed E-state index contributed by atoms with van der Waals surface area (Å²) >= 11 is 5.57. The molecule has 2 nitrogen and oxygen atoms in total. The van der Waals surface area contributed by atoms with Crippen molar-refractivity contribution in [2.45, 2.75) is 19.3 Å². The lowest BCUT2D eigenvalue weighted by Gasteiger charge is -1.98. The van der Waals surface area contributed by atoms with Crippen LogP contribution in [0, 0.1) is 0 Å². The maximum atomic E-state index is 5.57. The van der Waals surface area contributed by atoms with E-state index in [9.17, 15) is 0 Å². The lowest BCUT2D eigenvalue weighted by atomic mass is 10.6. The van der Waals surface area contributed by atoms with Gasteiger partial charge < -0.3 is 4.57 Å². The van der Waals surface area contributed by atoms with Gasteiger partial charge in [-0.05, 0) is 6.92 Å². The Morgan fingerprint density at radius 3 is 3.00 bits per heavy atom. The minimum atomic E-state index is 0.501. The molecule has 9 heavy (non-hydrogen) atoms. The first-order valence-electron chi connectivity index (χ1n) is 2.94. The number of alkyl halides is 1. The summed E-state index contributed by atoms with van der Waals surface area (Å²) in [5.41, 5.74) is 0. The number of aryl methyl sites for hydroxylation is 1. The predicted molar refractivity (Wildman–Crippen MR) is 37.5 cm³/mol. The highest BCUT2D eigenvalue weighted by Crippen LogP contribution is 1.99. The molecule has 0 N–H and O–H groups in total. The van der Waals surface area contributed by atoms with Gasteiger partial charge in [0.05, 0.1) is 5.88 Å². The van der Waals surface area contributed by atoms with Gasteiger partial charge in [0.25, 0.3) is 0 Å². The Bertz CT molecular complexity index is 164. The zero-order valence-electron chi connectivity index (χ0n) is 5.34. The van der Waals surface area contributed by atoms with E-state index >= 15 is 0 Å². The highest BCUT2D eigenvalue weighted by atomic mass is 35.5. The molecule has 0 aliphatic carbocycles. The molecule has 1 aromatic heterocycles. The molecule has 0 unspecified atom stereocenters. The van der Waals surface area contributed by atoms with Crippen LogP contribution in [0.2, 0.25) is 0 Å². The summed E-state index contributed by atoms with van der Waals surface area (Å²) < 4.78 is 2.02. The van der Waals surface area contributed by atoms with E-state index in [2.05, 4.69) is 11.9 Å². The number of hydrogen-bond donors (Lipinski definition) is 0. The van der Waals surface area contributed by atoms with Crippen molar-refractivity contribution in [2.75, 3.05) is 0 Å². The molecule has 3 heteroatoms. The highest BCUT2D eigenvalue weighted by Gasteiger charge is 1.95. The van der Waals surface area contributed by atoms with Gasteiger partial charge in [-0.2, -0.15) is 0 Å². The van der Waals surface area contributed by atoms with Crippen molar-refractivity contribution in [2.24, 2.45) is 0 Å². The molecule has 1 heterocycles. The fourth-order valence-corrected chi connectivity index (χ4v) is 0.982. The van der Waals surface area contributed by atoms with Crippen LogP contribution in [0.4, 0.5) is 0 Å². The van der Waals surface area contributed by atoms with Crippen LogP contribution in [0.25, 0.3) is 0 Å². The first-order chi connectivity index (χ1) is 4.38. The number of rotatable bonds is 2. The average molecular weight is 145 g/mol. The number of hydrogen-bond acceptors (Lipinski definition) is 1. The van der Waals surface area contributed by atoms with Crippen LogP contribution in [0.3, 0.4) is 0 Å². The van der Waals surface area contributed by atoms with Gasteiger partial charge in [-0.3, -0.25) is 0 Å². The summed E-state index contributed by atoms with van der Waals surface area (Å²) in [4.78, 5) is 4.04. The molecule has 0 radical (unpaired) electrons. The van der Waals surface area contributed by atoms with Crippen LogP contribution in [0.15, 0.2) is 12.4 Å². The smallest absolute Gasteiger partial charge is 0.123 e. The molecule has 0 saturated heterocycles. The van der Waals surface area contributed by atoms with Crippen LogP contribution in [-0.4, -0.2) is 9.55 Å². The minimum absolute atomic E-state index is 0.501. The third-order valence-corrected chi connectivity index (χ3v) is 1.50. The number of halogens is 1. The Morgan fingerprint density at radius 2 is 2.56 bits per heavy atom. The third kappa shape index (κ3) is 1.24. The molecule has 0 fully saturated rings. The monoisotopic (exact) mass is 144 g/mol. The first kappa shape index (κ1) is 6.62. The van der Waals surface area contributed by atoms with Crippen LogP contribution >= 0.6 is 11.6 Å². The van der Waals surface area contributed by atoms with Crippen molar-refractivity contribution in [3.63, 3.8) is 0 Å². The zero-order valence-corrected chi connectivity index (χ0v) is 6.10. The molecule has 1 aromatic rings. The van der Waals surface area contributed by atoms with Gasteiger partial charge in [-0.1, -0.05) is 0 Å². The van der Waals surface area contributed by atoms with Gasteiger partial charge >= 0.3 is 0 Å². The van der Waals surface area contributed by atoms with E-state index < -0.39 is 0 Å². The molecular formula is C6H9ClN2. The molecule has 0 aliphatic rings. The maximum Gasteiger partial charge on any atom is 0.123 e. The Balaban J connectivity index is 2.85. The molecule has 0 atom stereocenters. The SMILES string of the molecule is CCn1ccnc1CCl. The molecule has 0 spiro atoms. The predicted octanol–water partition coefficient (Wildman–Crippen LogP) is 1.64. The molecule has 0 aliphatic heterocycles. The van der Waals surface area contributed by atoms with Crippen molar-refractivity contribution in [1.29, 1.82) is 0 Å². The average Bonchev–Trinajstić information content (AvgIpc) is 2.33. The van der Waals surface area contributed by atoms with E-state index in [-0.39, 0.29) is 0 Å². The fraction of sp³-hybridized carbons (Fsp3) is 0.500. The Kier molecular flexibility index (Phi) is 2.11. The van der Waals surface area contributed by atoms with Gasteiger partial charge in [0.1, 0.15) is 5.82 Å². The number of nitrogens with zero attached hydrogens (tertiary/aromatic N) is 2. The summed E-state index contributed by atoms with van der Waals surface area (Å²) in [5.74, 6) is 1.44. The summed E-state index contributed by atoms with van der Waals surface area (Å²) in [6, 6.07) is 0. The second-order valence-corrected chi connectivity index (χ2v) is 2.03. The normalized spacial score (nSPS) is 10.0. The van der Waals surface area contributed by atoms with Crippen LogP contribution < -0.4 is 0 Å². The van der Waals surface area contributed by atoms with Crippen molar-refractivity contribution in [3.8, 4) is 0 Å². The standard InChI is InChI=1S/C6H9ClN2/c1-2-9-4-3-8-6(9)5-7/h3-4H,2,5H2,1H3. The van der Waals surface area contributed by atoms with Crippen LogP contribution in [0.5, 0.6) is 0 Å². The Morgan fingerprint density at radius 1 is 1.78 bits per heavy atom. The van der Waals surface area contributed by atoms with E-state index in [1.54, 1.807) is 6.20 Å². The van der Waals surface area contributed by atoms with E-state index in [1.807, 2.05) is 10.8 Å². The Labute approximate surface area is 59.5 Å². The van der Waals surface area contributed by atoms with E-state index in [1.165, 1.54) is 0 Å². The lowest BCUT2D eigenvalue weighted by molar-refractivity contribution is 0.724. The van der Waals surface area contributed by atoms with Crippen molar-refractivity contribution in [3.05, 3.63) is 18.2 Å². The molecule has 0 aromatic carbocycles. The van der Waals surface area contributed by atoms with E-state index in [4.69, 9.17) is 11.6 Å². The summed E-state index contributed by atoms with van der Waals surface area (Å²) in [7, 11) is 0. The lowest BCUT2D eigenvalue weighted by Crippen LogP contribution is -1.97. The number of imidazole rings is 1. The molecule has 1 rings (SSSR count). The van der Waals surface area contributed by atoms with E-state index in [0.717, 1.165) is 12.4 Å². The maximum absolute atomic E-state index is 5.57. The third-order valence-electron chi connectivity index (χ3n) is 1.26. The van der Waals surface area contributed by atoms with Crippen molar-refractivity contribution < 1.29 is 0 Å². The van der Waals surface area contributed by atoms with Crippen LogP contribution in [-0.2, 0) is 12.4 Å². The molecule has 0 amide bonds. The molecule has 50 valence electrons. The van der Waals surface area contributed by atoms with Gasteiger partial charge in [-0.15, -0.1) is 11.6 Å². The van der Waals surface area contributed by atoms with Gasteiger partial charge in [0.15, 0.2) is 0 Å². The van der Waals surface area contributed by atoms with Crippen LogP contribution in [0.1, 0.15) is 12.7 Å². The van der Waals surface area contributed by atoms with Crippen molar-refractivity contribution in [1.82, 2.24) is 9.55 Å². The second-order valence-electron chi connectivity index (χ2n) is 1.76. The zero-order chi connectivity index (χ0) is 6.69. The summed E-state index contributed by atoms with van der Waals surface area (Å²) in [6.45, 7) is 3.01. The molecule has 0 saturated carbocycles. The van der Waals surface area contributed by atoms with Gasteiger partial charge in [0.2, 0.25) is 0 Å². The van der Waals surface area contributed by atoms with Crippen molar-refractivity contribution >= 4 is 11.6 Å². The van der Waals surface area contributed by atoms with Gasteiger partial charge in [0, 0.05) is 18.9 Å².